The molecule has 0 spiro atoms. The Labute approximate surface area is 183 Å². The first-order chi connectivity index (χ1) is 15.2. The number of nitrogens with zero attached hydrogens (tertiary/aromatic N) is 4. The largest absolute Gasteiger partial charge is 0.332 e. The van der Waals surface area contributed by atoms with E-state index in [4.69, 9.17) is 0 Å². The molecule has 2 aromatic heterocycles. The van der Waals surface area contributed by atoms with Crippen molar-refractivity contribution in [2.75, 3.05) is 13.1 Å². The van der Waals surface area contributed by atoms with E-state index in [0.29, 0.717) is 24.6 Å². The summed E-state index contributed by atoms with van der Waals surface area (Å²) < 4.78 is 15.0. The van der Waals surface area contributed by atoms with Crippen LogP contribution in [0.3, 0.4) is 0 Å². The summed E-state index contributed by atoms with van der Waals surface area (Å²) in [5.41, 5.74) is 3.09. The van der Waals surface area contributed by atoms with Gasteiger partial charge in [0.2, 0.25) is 5.82 Å². The maximum Gasteiger partial charge on any atom is 0.293 e. The monoisotopic (exact) mass is 430 g/mol. The second-order valence-corrected chi connectivity index (χ2v) is 8.17. The first kappa shape index (κ1) is 19.4. The van der Waals surface area contributed by atoms with Gasteiger partial charge in [-0.25, -0.2) is 14.1 Å². The minimum atomic E-state index is -0.327. The Hall–Kier alpha value is -3.58. The average Bonchev–Trinajstić information content (AvgIpc) is 3.50. The SMILES string of the molecule is O=C(c1nc(-c2cccs2)n(-c2ccc(F)cc2)n1)N1CC=C(c2ccccc2)CC1. The van der Waals surface area contributed by atoms with Gasteiger partial charge in [0.15, 0.2) is 5.82 Å². The molecule has 2 aromatic carbocycles. The van der Waals surface area contributed by atoms with Crippen molar-refractivity contribution in [1.82, 2.24) is 19.7 Å². The molecule has 4 aromatic rings. The second-order valence-electron chi connectivity index (χ2n) is 7.22. The smallest absolute Gasteiger partial charge is 0.293 e. The van der Waals surface area contributed by atoms with Crippen molar-refractivity contribution < 1.29 is 9.18 Å². The average molecular weight is 431 g/mol. The summed E-state index contributed by atoms with van der Waals surface area (Å²) in [6.45, 7) is 1.13. The maximum atomic E-state index is 13.4. The van der Waals surface area contributed by atoms with Crippen molar-refractivity contribution in [2.24, 2.45) is 0 Å². The topological polar surface area (TPSA) is 51.0 Å². The zero-order valence-corrected chi connectivity index (χ0v) is 17.4. The van der Waals surface area contributed by atoms with Crippen LogP contribution in [0.5, 0.6) is 0 Å². The van der Waals surface area contributed by atoms with Crippen molar-refractivity contribution in [3.63, 3.8) is 0 Å². The molecule has 1 amide bonds. The first-order valence-corrected chi connectivity index (χ1v) is 10.9. The lowest BCUT2D eigenvalue weighted by molar-refractivity contribution is 0.0761. The lowest BCUT2D eigenvalue weighted by Crippen LogP contribution is -2.35. The van der Waals surface area contributed by atoms with Crippen LogP contribution in [0.1, 0.15) is 22.6 Å². The number of hydrogen-bond acceptors (Lipinski definition) is 4. The van der Waals surface area contributed by atoms with Gasteiger partial charge in [-0.3, -0.25) is 4.79 Å². The highest BCUT2D eigenvalue weighted by atomic mass is 32.1. The highest BCUT2D eigenvalue weighted by molar-refractivity contribution is 7.13. The molecule has 31 heavy (non-hydrogen) atoms. The zero-order valence-electron chi connectivity index (χ0n) is 16.6. The van der Waals surface area contributed by atoms with Crippen molar-refractivity contribution in [3.05, 3.63) is 95.4 Å². The van der Waals surface area contributed by atoms with Crippen LogP contribution in [0.4, 0.5) is 4.39 Å². The van der Waals surface area contributed by atoms with Gasteiger partial charge < -0.3 is 4.90 Å². The fraction of sp³-hybridized carbons (Fsp3) is 0.125. The Balaban J connectivity index is 1.44. The molecule has 154 valence electrons. The molecule has 0 saturated carbocycles. The van der Waals surface area contributed by atoms with Gasteiger partial charge in [-0.1, -0.05) is 42.5 Å². The van der Waals surface area contributed by atoms with Gasteiger partial charge in [-0.15, -0.1) is 16.4 Å². The third-order valence-corrected chi connectivity index (χ3v) is 6.12. The highest BCUT2D eigenvalue weighted by Crippen LogP contribution is 2.27. The van der Waals surface area contributed by atoms with Gasteiger partial charge in [0.05, 0.1) is 10.6 Å². The molecule has 5 nitrogen and oxygen atoms in total. The Morgan fingerprint density at radius 1 is 1.00 bits per heavy atom. The van der Waals surface area contributed by atoms with Gasteiger partial charge in [-0.2, -0.15) is 0 Å². The van der Waals surface area contributed by atoms with E-state index >= 15 is 0 Å². The molecule has 0 bridgehead atoms. The molecule has 0 saturated heterocycles. The molecule has 0 unspecified atom stereocenters. The summed E-state index contributed by atoms with van der Waals surface area (Å²) in [5.74, 6) is 0.181. The van der Waals surface area contributed by atoms with E-state index in [1.165, 1.54) is 34.6 Å². The lowest BCUT2D eigenvalue weighted by atomic mass is 9.99. The van der Waals surface area contributed by atoms with E-state index in [9.17, 15) is 9.18 Å². The number of halogens is 1. The number of carbonyl (C=O) groups excluding carboxylic acids is 1. The minimum absolute atomic E-state index is 0.143. The Morgan fingerprint density at radius 2 is 1.81 bits per heavy atom. The van der Waals surface area contributed by atoms with Crippen molar-refractivity contribution in [2.45, 2.75) is 6.42 Å². The minimum Gasteiger partial charge on any atom is -0.332 e. The van der Waals surface area contributed by atoms with Crippen molar-refractivity contribution in [3.8, 4) is 16.4 Å². The van der Waals surface area contributed by atoms with Crippen LogP contribution in [0.25, 0.3) is 22.0 Å². The third kappa shape index (κ3) is 3.92. The molecular weight excluding hydrogens is 411 g/mol. The molecule has 0 aliphatic carbocycles. The van der Waals surface area contributed by atoms with E-state index in [-0.39, 0.29) is 17.5 Å². The van der Waals surface area contributed by atoms with Gasteiger partial charge in [0.1, 0.15) is 5.82 Å². The third-order valence-electron chi connectivity index (χ3n) is 5.25. The Kier molecular flexibility index (Phi) is 5.18. The summed E-state index contributed by atoms with van der Waals surface area (Å²) in [6.07, 6.45) is 2.88. The zero-order chi connectivity index (χ0) is 21.2. The fourth-order valence-corrected chi connectivity index (χ4v) is 4.34. The molecule has 1 aliphatic heterocycles. The first-order valence-electron chi connectivity index (χ1n) is 9.99. The Bertz CT molecular complexity index is 1230. The van der Waals surface area contributed by atoms with E-state index < -0.39 is 0 Å². The molecule has 7 heteroatoms. The van der Waals surface area contributed by atoms with E-state index in [0.717, 1.165) is 11.3 Å². The number of hydrogen-bond donors (Lipinski definition) is 0. The van der Waals surface area contributed by atoms with E-state index in [1.54, 1.807) is 21.7 Å². The second kappa shape index (κ2) is 8.28. The number of thiophene rings is 1. The van der Waals surface area contributed by atoms with Crippen LogP contribution < -0.4 is 0 Å². The van der Waals surface area contributed by atoms with Gasteiger partial charge in [0.25, 0.3) is 5.91 Å². The molecule has 0 fully saturated rings. The predicted molar refractivity (Wildman–Crippen MR) is 120 cm³/mol. The molecule has 5 rings (SSSR count). The number of amides is 1. The molecule has 0 radical (unpaired) electrons. The number of benzene rings is 2. The van der Waals surface area contributed by atoms with Gasteiger partial charge in [-0.05, 0) is 53.3 Å². The van der Waals surface area contributed by atoms with Crippen LogP contribution in [0.15, 0.2) is 78.2 Å². The molecule has 3 heterocycles. The summed E-state index contributed by atoms with van der Waals surface area (Å²) >= 11 is 1.51. The van der Waals surface area contributed by atoms with Crippen LogP contribution in [-0.4, -0.2) is 38.7 Å². The van der Waals surface area contributed by atoms with Crippen molar-refractivity contribution >= 4 is 22.8 Å². The van der Waals surface area contributed by atoms with E-state index in [1.807, 2.05) is 35.7 Å². The number of aromatic nitrogens is 3. The summed E-state index contributed by atoms with van der Waals surface area (Å²) in [4.78, 5) is 20.4. The van der Waals surface area contributed by atoms with Crippen LogP contribution >= 0.6 is 11.3 Å². The van der Waals surface area contributed by atoms with Crippen LogP contribution in [-0.2, 0) is 0 Å². The number of rotatable bonds is 4. The summed E-state index contributed by atoms with van der Waals surface area (Å²) in [5, 5.41) is 6.44. The Morgan fingerprint density at radius 3 is 2.48 bits per heavy atom. The fourth-order valence-electron chi connectivity index (χ4n) is 3.64. The lowest BCUT2D eigenvalue weighted by Gasteiger charge is -2.25. The normalized spacial score (nSPS) is 13.8. The quantitative estimate of drug-likeness (QED) is 0.455. The predicted octanol–water partition coefficient (Wildman–Crippen LogP) is 5.06. The van der Waals surface area contributed by atoms with Crippen LogP contribution in [0.2, 0.25) is 0 Å². The highest BCUT2D eigenvalue weighted by Gasteiger charge is 2.25. The molecular formula is C24H19FN4OS. The molecule has 1 aliphatic rings. The van der Waals surface area contributed by atoms with Gasteiger partial charge >= 0.3 is 0 Å². The standard InChI is InChI=1S/C24H19FN4OS/c25-19-8-10-20(11-9-19)29-23(21-7-4-16-31-21)26-22(27-29)24(30)28-14-12-18(13-15-28)17-5-2-1-3-6-17/h1-12,16H,13-15H2. The summed E-state index contributed by atoms with van der Waals surface area (Å²) in [6, 6.07) is 20.1. The molecule has 0 N–H and O–H groups in total. The van der Waals surface area contributed by atoms with Gasteiger partial charge in [0, 0.05) is 13.1 Å². The summed E-state index contributed by atoms with van der Waals surface area (Å²) in [7, 11) is 0. The van der Waals surface area contributed by atoms with E-state index in [2.05, 4.69) is 28.3 Å². The number of carbonyl (C=O) groups is 1. The van der Waals surface area contributed by atoms with Crippen molar-refractivity contribution in [1.29, 1.82) is 0 Å². The maximum absolute atomic E-state index is 13.4. The van der Waals surface area contributed by atoms with Crippen LogP contribution in [0, 0.1) is 5.82 Å². The molecule has 0 atom stereocenters.